The average molecular weight is 260 g/mol. The van der Waals surface area contributed by atoms with Crippen LogP contribution in [-0.4, -0.2) is 42.1 Å². The van der Waals surface area contributed by atoms with Crippen LogP contribution >= 0.6 is 0 Å². The molecule has 1 saturated carbocycles. The highest BCUT2D eigenvalue weighted by Gasteiger charge is 2.31. The number of hydrogen-bond donors (Lipinski definition) is 1. The third-order valence-electron chi connectivity index (χ3n) is 4.33. The Morgan fingerprint density at radius 3 is 2.47 bits per heavy atom. The summed E-state index contributed by atoms with van der Waals surface area (Å²) >= 11 is 0. The fourth-order valence-electron chi connectivity index (χ4n) is 3.10. The van der Waals surface area contributed by atoms with Crippen LogP contribution in [0, 0.1) is 13.8 Å². The molecule has 1 aromatic heterocycles. The van der Waals surface area contributed by atoms with Gasteiger partial charge in [-0.3, -0.25) is 4.90 Å². The number of hydrogen-bond acceptors (Lipinski definition) is 4. The van der Waals surface area contributed by atoms with Crippen LogP contribution < -0.4 is 10.6 Å². The molecule has 2 aliphatic rings. The minimum atomic E-state index is 0.581. The first-order valence-electron chi connectivity index (χ1n) is 7.35. The number of nitrogens with zero attached hydrogens (tertiary/aromatic N) is 3. The fraction of sp³-hybridized carbons (Fsp3) is 0.667. The van der Waals surface area contributed by atoms with Crippen molar-refractivity contribution in [3.8, 4) is 0 Å². The smallest absolute Gasteiger partial charge is 0.133 e. The van der Waals surface area contributed by atoms with Crippen LogP contribution in [0.2, 0.25) is 0 Å². The van der Waals surface area contributed by atoms with Gasteiger partial charge in [0.25, 0.3) is 0 Å². The van der Waals surface area contributed by atoms with E-state index in [0.29, 0.717) is 6.54 Å². The highest BCUT2D eigenvalue weighted by Crippen LogP contribution is 2.29. The van der Waals surface area contributed by atoms with Gasteiger partial charge in [-0.25, -0.2) is 4.98 Å². The van der Waals surface area contributed by atoms with Gasteiger partial charge in [-0.05, 0) is 38.3 Å². The monoisotopic (exact) mass is 260 g/mol. The van der Waals surface area contributed by atoms with E-state index in [9.17, 15) is 0 Å². The van der Waals surface area contributed by atoms with E-state index in [0.717, 1.165) is 30.6 Å². The van der Waals surface area contributed by atoms with Gasteiger partial charge in [0.05, 0.1) is 0 Å². The molecule has 4 heteroatoms. The van der Waals surface area contributed by atoms with E-state index in [4.69, 9.17) is 10.7 Å². The molecule has 19 heavy (non-hydrogen) atoms. The summed E-state index contributed by atoms with van der Waals surface area (Å²) < 4.78 is 0. The zero-order chi connectivity index (χ0) is 13.4. The number of aromatic nitrogens is 1. The minimum absolute atomic E-state index is 0.581. The zero-order valence-electron chi connectivity index (χ0n) is 12.0. The van der Waals surface area contributed by atoms with E-state index in [1.807, 2.05) is 0 Å². The van der Waals surface area contributed by atoms with Gasteiger partial charge in [-0.15, -0.1) is 0 Å². The van der Waals surface area contributed by atoms with Crippen molar-refractivity contribution in [1.82, 2.24) is 9.88 Å². The summed E-state index contributed by atoms with van der Waals surface area (Å²) in [6, 6.07) is 3.01. The number of anilines is 1. The van der Waals surface area contributed by atoms with Crippen LogP contribution in [0.15, 0.2) is 6.07 Å². The summed E-state index contributed by atoms with van der Waals surface area (Å²) in [5, 5.41) is 0. The summed E-state index contributed by atoms with van der Waals surface area (Å²) in [6.45, 7) is 9.29. The lowest BCUT2D eigenvalue weighted by atomic mass is 10.1. The fourth-order valence-corrected chi connectivity index (χ4v) is 3.10. The molecule has 1 aliphatic carbocycles. The van der Waals surface area contributed by atoms with Crippen LogP contribution in [0.25, 0.3) is 0 Å². The minimum Gasteiger partial charge on any atom is -0.354 e. The second-order valence-corrected chi connectivity index (χ2v) is 5.84. The highest BCUT2D eigenvalue weighted by molar-refractivity contribution is 5.52. The van der Waals surface area contributed by atoms with E-state index in [-0.39, 0.29) is 0 Å². The Balaban J connectivity index is 1.78. The predicted octanol–water partition coefficient (Wildman–Crippen LogP) is 1.44. The van der Waals surface area contributed by atoms with E-state index in [1.165, 1.54) is 37.1 Å². The molecular formula is C15H24N4. The van der Waals surface area contributed by atoms with Crippen molar-refractivity contribution in [2.45, 2.75) is 39.3 Å². The van der Waals surface area contributed by atoms with Crippen molar-refractivity contribution in [3.05, 3.63) is 22.9 Å². The molecular weight excluding hydrogens is 236 g/mol. The number of nitrogens with two attached hydrogens (primary N) is 1. The molecule has 1 aliphatic heterocycles. The molecule has 3 rings (SSSR count). The molecule has 0 radical (unpaired) electrons. The van der Waals surface area contributed by atoms with Crippen LogP contribution in [0.3, 0.4) is 0 Å². The molecule has 104 valence electrons. The average Bonchev–Trinajstić information content (AvgIpc) is 3.22. The van der Waals surface area contributed by atoms with Gasteiger partial charge in [0.2, 0.25) is 0 Å². The molecule has 2 heterocycles. The Labute approximate surface area is 115 Å². The molecule has 2 fully saturated rings. The van der Waals surface area contributed by atoms with Crippen molar-refractivity contribution < 1.29 is 0 Å². The lowest BCUT2D eigenvalue weighted by molar-refractivity contribution is 0.247. The number of rotatable bonds is 3. The first-order chi connectivity index (χ1) is 9.19. The van der Waals surface area contributed by atoms with Crippen LogP contribution in [0.1, 0.15) is 29.7 Å². The second kappa shape index (κ2) is 5.10. The third-order valence-corrected chi connectivity index (χ3v) is 4.33. The third kappa shape index (κ3) is 2.60. The maximum Gasteiger partial charge on any atom is 0.133 e. The molecule has 0 atom stereocenters. The van der Waals surface area contributed by atoms with E-state index >= 15 is 0 Å². The molecule has 0 aromatic carbocycles. The van der Waals surface area contributed by atoms with Gasteiger partial charge < -0.3 is 10.6 Å². The Hall–Kier alpha value is -1.13. The number of pyridine rings is 1. The number of piperazine rings is 1. The van der Waals surface area contributed by atoms with E-state index in [1.54, 1.807) is 0 Å². The predicted molar refractivity (Wildman–Crippen MR) is 78.4 cm³/mol. The molecule has 0 unspecified atom stereocenters. The summed E-state index contributed by atoms with van der Waals surface area (Å²) in [6.07, 6.45) is 2.80. The van der Waals surface area contributed by atoms with E-state index in [2.05, 4.69) is 29.7 Å². The highest BCUT2D eigenvalue weighted by atomic mass is 15.3. The zero-order valence-corrected chi connectivity index (χ0v) is 12.0. The van der Waals surface area contributed by atoms with Gasteiger partial charge in [0.15, 0.2) is 0 Å². The van der Waals surface area contributed by atoms with Crippen molar-refractivity contribution in [3.63, 3.8) is 0 Å². The maximum absolute atomic E-state index is 5.92. The van der Waals surface area contributed by atoms with Crippen LogP contribution in [0.5, 0.6) is 0 Å². The molecule has 0 bridgehead atoms. The topological polar surface area (TPSA) is 45.4 Å². The van der Waals surface area contributed by atoms with Gasteiger partial charge in [-0.2, -0.15) is 0 Å². The summed E-state index contributed by atoms with van der Waals surface area (Å²) in [7, 11) is 0. The van der Waals surface area contributed by atoms with E-state index < -0.39 is 0 Å². The second-order valence-electron chi connectivity index (χ2n) is 5.84. The molecule has 0 spiro atoms. The Morgan fingerprint density at radius 1 is 1.21 bits per heavy atom. The lowest BCUT2D eigenvalue weighted by Crippen LogP contribution is -2.48. The summed E-state index contributed by atoms with van der Waals surface area (Å²) in [5.74, 6) is 1.12. The Bertz CT molecular complexity index is 459. The first kappa shape index (κ1) is 12.9. The molecule has 4 nitrogen and oxygen atoms in total. The normalized spacial score (nSPS) is 20.9. The lowest BCUT2D eigenvalue weighted by Gasteiger charge is -2.36. The number of aryl methyl sites for hydroxylation is 2. The largest absolute Gasteiger partial charge is 0.354 e. The van der Waals surface area contributed by atoms with Gasteiger partial charge in [0, 0.05) is 50.0 Å². The first-order valence-corrected chi connectivity index (χ1v) is 7.35. The van der Waals surface area contributed by atoms with Gasteiger partial charge >= 0.3 is 0 Å². The van der Waals surface area contributed by atoms with Gasteiger partial charge in [-0.1, -0.05) is 0 Å². The summed E-state index contributed by atoms with van der Waals surface area (Å²) in [5.41, 5.74) is 9.49. The van der Waals surface area contributed by atoms with Crippen LogP contribution in [-0.2, 0) is 6.54 Å². The Kier molecular flexibility index (Phi) is 3.46. The quantitative estimate of drug-likeness (QED) is 0.893. The van der Waals surface area contributed by atoms with Gasteiger partial charge in [0.1, 0.15) is 5.82 Å². The van der Waals surface area contributed by atoms with Crippen molar-refractivity contribution >= 4 is 5.82 Å². The van der Waals surface area contributed by atoms with Crippen molar-refractivity contribution in [1.29, 1.82) is 0 Å². The molecule has 2 N–H and O–H groups in total. The standard InChI is InChI=1S/C15H24N4/c1-11-9-12(2)17-15(14(11)10-16)19-7-5-18(6-8-19)13-3-4-13/h9,13H,3-8,10,16H2,1-2H3. The van der Waals surface area contributed by atoms with Crippen molar-refractivity contribution in [2.24, 2.45) is 5.73 Å². The summed E-state index contributed by atoms with van der Waals surface area (Å²) in [4.78, 5) is 9.79. The molecule has 1 saturated heterocycles. The maximum atomic E-state index is 5.92. The van der Waals surface area contributed by atoms with Crippen LogP contribution in [0.4, 0.5) is 5.82 Å². The molecule has 1 aromatic rings. The SMILES string of the molecule is Cc1cc(C)c(CN)c(N2CCN(C3CC3)CC2)n1. The Morgan fingerprint density at radius 2 is 1.89 bits per heavy atom. The molecule has 0 amide bonds. The van der Waals surface area contributed by atoms with Crippen molar-refractivity contribution in [2.75, 3.05) is 31.1 Å².